The highest BCUT2D eigenvalue weighted by molar-refractivity contribution is 5.94. The summed E-state index contributed by atoms with van der Waals surface area (Å²) in [5, 5.41) is 4.00. The first kappa shape index (κ1) is 21.2. The third kappa shape index (κ3) is 4.25. The highest BCUT2D eigenvalue weighted by atomic mass is 19.3. The number of anilines is 1. The maximum absolute atomic E-state index is 14.6. The van der Waals surface area contributed by atoms with Crippen LogP contribution in [0.5, 0.6) is 11.5 Å². The van der Waals surface area contributed by atoms with Crippen molar-refractivity contribution in [3.8, 4) is 11.5 Å². The van der Waals surface area contributed by atoms with Gasteiger partial charge < -0.3 is 19.5 Å². The molecule has 8 heteroatoms. The Labute approximate surface area is 178 Å². The molecule has 1 atom stereocenters. The van der Waals surface area contributed by atoms with Gasteiger partial charge in [-0.25, -0.2) is 13.2 Å². The van der Waals surface area contributed by atoms with Crippen LogP contribution in [0.15, 0.2) is 36.4 Å². The summed E-state index contributed by atoms with van der Waals surface area (Å²) in [6.07, 6.45) is -2.93. The van der Waals surface area contributed by atoms with Crippen molar-refractivity contribution in [2.45, 2.75) is 32.4 Å². The van der Waals surface area contributed by atoms with Crippen LogP contribution in [0.2, 0.25) is 0 Å². The molecule has 0 radical (unpaired) electrons. The topological polar surface area (TPSA) is 52.6 Å². The van der Waals surface area contributed by atoms with Gasteiger partial charge in [-0.15, -0.1) is 0 Å². The largest absolute Gasteiger partial charge is 0.493 e. The third-order valence-electron chi connectivity index (χ3n) is 5.26. The molecule has 0 unspecified atom stereocenters. The Morgan fingerprint density at radius 3 is 2.52 bits per heavy atom. The molecule has 164 valence electrons. The molecule has 5 nitrogen and oxygen atoms in total. The standard InChI is InChI=1S/C23H23F3N2O3/c1-12-7-18(28-13(2)15-5-4-6-16(22(15)24)23(25)26)17-8-21(31-14-10-30-11-14)20(29-3)9-19(17)27-12/h4-9,13-14,23H,10-11H2,1-3H3,(H,27,28)/t13-/m1/s1. The van der Waals surface area contributed by atoms with Crippen LogP contribution >= 0.6 is 0 Å². The summed E-state index contributed by atoms with van der Waals surface area (Å²) in [7, 11) is 1.56. The molecule has 0 bridgehead atoms. The molecule has 31 heavy (non-hydrogen) atoms. The molecule has 2 heterocycles. The van der Waals surface area contributed by atoms with E-state index in [9.17, 15) is 13.2 Å². The van der Waals surface area contributed by atoms with E-state index in [4.69, 9.17) is 14.2 Å². The highest BCUT2D eigenvalue weighted by Crippen LogP contribution is 2.38. The molecule has 1 fully saturated rings. The van der Waals surface area contributed by atoms with Crippen molar-refractivity contribution in [3.63, 3.8) is 0 Å². The van der Waals surface area contributed by atoms with Crippen molar-refractivity contribution in [1.82, 2.24) is 4.98 Å². The molecular weight excluding hydrogens is 409 g/mol. The number of aryl methyl sites for hydroxylation is 1. The molecule has 0 spiro atoms. The highest BCUT2D eigenvalue weighted by Gasteiger charge is 2.23. The fourth-order valence-corrected chi connectivity index (χ4v) is 3.58. The molecule has 0 saturated carbocycles. The van der Waals surface area contributed by atoms with Crippen molar-refractivity contribution < 1.29 is 27.4 Å². The quantitative estimate of drug-likeness (QED) is 0.528. The number of pyridine rings is 1. The second kappa shape index (κ2) is 8.63. The van der Waals surface area contributed by atoms with Gasteiger partial charge in [0.15, 0.2) is 11.5 Å². The number of hydrogen-bond acceptors (Lipinski definition) is 5. The van der Waals surface area contributed by atoms with Crippen LogP contribution < -0.4 is 14.8 Å². The van der Waals surface area contributed by atoms with Crippen LogP contribution in [-0.4, -0.2) is 31.4 Å². The summed E-state index contributed by atoms with van der Waals surface area (Å²) in [6, 6.07) is 8.91. The fraction of sp³-hybridized carbons (Fsp3) is 0.348. The number of rotatable bonds is 7. The number of fused-ring (bicyclic) bond motifs is 1. The predicted octanol–water partition coefficient (Wildman–Crippen LogP) is 5.58. The molecule has 3 aromatic rings. The first-order chi connectivity index (χ1) is 14.9. The number of methoxy groups -OCH3 is 1. The zero-order chi connectivity index (χ0) is 22.1. The molecule has 0 aliphatic carbocycles. The minimum absolute atomic E-state index is 0.0497. The molecule has 1 aliphatic rings. The summed E-state index contributed by atoms with van der Waals surface area (Å²) in [6.45, 7) is 4.59. The average Bonchev–Trinajstić information content (AvgIpc) is 2.70. The van der Waals surface area contributed by atoms with Crippen molar-refractivity contribution in [3.05, 3.63) is 59.0 Å². The van der Waals surface area contributed by atoms with Crippen LogP contribution in [0.25, 0.3) is 10.9 Å². The zero-order valence-electron chi connectivity index (χ0n) is 17.4. The van der Waals surface area contributed by atoms with Gasteiger partial charge in [0.2, 0.25) is 0 Å². The molecule has 1 aliphatic heterocycles. The lowest BCUT2D eigenvalue weighted by molar-refractivity contribution is -0.0802. The lowest BCUT2D eigenvalue weighted by Gasteiger charge is -2.27. The van der Waals surface area contributed by atoms with Gasteiger partial charge in [-0.1, -0.05) is 18.2 Å². The number of aromatic nitrogens is 1. The summed E-state index contributed by atoms with van der Waals surface area (Å²) < 4.78 is 57.5. The average molecular weight is 432 g/mol. The molecule has 1 saturated heterocycles. The first-order valence-electron chi connectivity index (χ1n) is 9.94. The van der Waals surface area contributed by atoms with E-state index in [0.29, 0.717) is 35.9 Å². The SMILES string of the molecule is COc1cc2nc(C)cc(N[C@H](C)c3cccc(C(F)F)c3F)c2cc1OC1COC1. The Hall–Kier alpha value is -3.00. The second-order valence-corrected chi connectivity index (χ2v) is 7.53. The van der Waals surface area contributed by atoms with Crippen molar-refractivity contribution in [1.29, 1.82) is 0 Å². The van der Waals surface area contributed by atoms with Gasteiger partial charge in [-0.05, 0) is 26.0 Å². The molecule has 1 N–H and O–H groups in total. The Balaban J connectivity index is 1.73. The summed E-state index contributed by atoms with van der Waals surface area (Å²) in [5.41, 5.74) is 1.66. The Morgan fingerprint density at radius 2 is 1.87 bits per heavy atom. The number of benzene rings is 2. The van der Waals surface area contributed by atoms with E-state index in [1.54, 1.807) is 20.1 Å². The van der Waals surface area contributed by atoms with Crippen LogP contribution in [-0.2, 0) is 4.74 Å². The molecular formula is C23H23F3N2O3. The monoisotopic (exact) mass is 432 g/mol. The zero-order valence-corrected chi connectivity index (χ0v) is 17.4. The van der Waals surface area contributed by atoms with E-state index >= 15 is 0 Å². The van der Waals surface area contributed by atoms with E-state index < -0.39 is 23.8 Å². The number of hydrogen-bond donors (Lipinski definition) is 1. The molecule has 1 aromatic heterocycles. The minimum Gasteiger partial charge on any atom is -0.493 e. The van der Waals surface area contributed by atoms with Crippen LogP contribution in [0, 0.1) is 12.7 Å². The van der Waals surface area contributed by atoms with Gasteiger partial charge in [0.1, 0.15) is 11.9 Å². The van der Waals surface area contributed by atoms with Crippen molar-refractivity contribution in [2.75, 3.05) is 25.6 Å². The van der Waals surface area contributed by atoms with Crippen molar-refractivity contribution in [2.24, 2.45) is 0 Å². The number of ether oxygens (including phenoxy) is 3. The number of halogens is 3. The van der Waals surface area contributed by atoms with Gasteiger partial charge in [0, 0.05) is 28.4 Å². The number of nitrogens with one attached hydrogen (secondary N) is 1. The molecule has 4 rings (SSSR count). The van der Waals surface area contributed by atoms with E-state index in [1.165, 1.54) is 12.1 Å². The van der Waals surface area contributed by atoms with E-state index in [0.717, 1.165) is 17.1 Å². The maximum Gasteiger partial charge on any atom is 0.266 e. The Bertz CT molecular complexity index is 1100. The van der Waals surface area contributed by atoms with Crippen LogP contribution in [0.4, 0.5) is 18.9 Å². The van der Waals surface area contributed by atoms with Crippen LogP contribution in [0.1, 0.15) is 36.2 Å². The number of nitrogens with zero attached hydrogens (tertiary/aromatic N) is 1. The minimum atomic E-state index is -2.88. The van der Waals surface area contributed by atoms with Gasteiger partial charge in [0.25, 0.3) is 6.43 Å². The van der Waals surface area contributed by atoms with E-state index in [1.807, 2.05) is 19.1 Å². The molecule has 0 amide bonds. The Morgan fingerprint density at radius 1 is 1.13 bits per heavy atom. The fourth-order valence-electron chi connectivity index (χ4n) is 3.58. The summed E-state index contributed by atoms with van der Waals surface area (Å²) >= 11 is 0. The summed E-state index contributed by atoms with van der Waals surface area (Å²) in [4.78, 5) is 4.56. The third-order valence-corrected chi connectivity index (χ3v) is 5.26. The smallest absolute Gasteiger partial charge is 0.266 e. The van der Waals surface area contributed by atoms with E-state index in [-0.39, 0.29) is 11.7 Å². The first-order valence-corrected chi connectivity index (χ1v) is 9.94. The van der Waals surface area contributed by atoms with Gasteiger partial charge in [-0.2, -0.15) is 0 Å². The van der Waals surface area contributed by atoms with Gasteiger partial charge >= 0.3 is 0 Å². The summed E-state index contributed by atoms with van der Waals surface area (Å²) in [5.74, 6) is 0.200. The van der Waals surface area contributed by atoms with E-state index in [2.05, 4.69) is 10.3 Å². The normalized spacial score (nSPS) is 15.1. The van der Waals surface area contributed by atoms with Crippen molar-refractivity contribution >= 4 is 16.6 Å². The maximum atomic E-state index is 14.6. The predicted molar refractivity (Wildman–Crippen MR) is 112 cm³/mol. The van der Waals surface area contributed by atoms with Gasteiger partial charge in [0.05, 0.1) is 37.4 Å². The lowest BCUT2D eigenvalue weighted by Crippen LogP contribution is -2.38. The number of alkyl halides is 2. The molecule has 2 aromatic carbocycles. The lowest BCUT2D eigenvalue weighted by atomic mass is 10.0. The van der Waals surface area contributed by atoms with Crippen LogP contribution in [0.3, 0.4) is 0 Å². The second-order valence-electron chi connectivity index (χ2n) is 7.53. The Kier molecular flexibility index (Phi) is 5.91. The van der Waals surface area contributed by atoms with Gasteiger partial charge in [-0.3, -0.25) is 4.98 Å².